The summed E-state index contributed by atoms with van der Waals surface area (Å²) in [6.07, 6.45) is 0.933. The van der Waals surface area contributed by atoms with Gasteiger partial charge in [-0.3, -0.25) is 9.59 Å². The van der Waals surface area contributed by atoms with Gasteiger partial charge in [0.25, 0.3) is 0 Å². The van der Waals surface area contributed by atoms with E-state index in [9.17, 15) is 9.59 Å². The van der Waals surface area contributed by atoms with E-state index in [1.165, 1.54) is 0 Å². The van der Waals surface area contributed by atoms with E-state index in [-0.39, 0.29) is 24.9 Å². The maximum Gasteiger partial charge on any atom is 0.303 e. The van der Waals surface area contributed by atoms with Crippen molar-refractivity contribution in [3.8, 4) is 0 Å². The Hall–Kier alpha value is -1.10. The normalized spacial score (nSPS) is 20.6. The van der Waals surface area contributed by atoms with Crippen LogP contribution in [0.2, 0.25) is 0 Å². The summed E-state index contributed by atoms with van der Waals surface area (Å²) in [5.41, 5.74) is 0. The van der Waals surface area contributed by atoms with Crippen LogP contribution in [0.1, 0.15) is 19.8 Å². The molecular formula is C10H17NO4. The van der Waals surface area contributed by atoms with E-state index in [1.54, 1.807) is 4.90 Å². The molecule has 0 aromatic rings. The average molecular weight is 215 g/mol. The Labute approximate surface area is 89.0 Å². The second kappa shape index (κ2) is 5.70. The Morgan fingerprint density at radius 3 is 2.87 bits per heavy atom. The van der Waals surface area contributed by atoms with Gasteiger partial charge in [-0.1, -0.05) is 0 Å². The van der Waals surface area contributed by atoms with Crippen molar-refractivity contribution in [1.29, 1.82) is 0 Å². The lowest BCUT2D eigenvalue weighted by Gasteiger charge is -2.15. The topological polar surface area (TPSA) is 66.8 Å². The first kappa shape index (κ1) is 12.0. The van der Waals surface area contributed by atoms with Gasteiger partial charge in [-0.05, 0) is 19.3 Å². The van der Waals surface area contributed by atoms with Crippen molar-refractivity contribution in [2.45, 2.75) is 19.8 Å². The fraction of sp³-hybridized carbons (Fsp3) is 0.800. The first-order chi connectivity index (χ1) is 7.13. The standard InChI is InChI=1S/C10H17NO4/c1-2-15-7-9(12)11-4-3-8(6-11)5-10(13)14/h8H,2-7H2,1H3,(H,13,14). The minimum absolute atomic E-state index is 0.0373. The molecule has 0 aliphatic carbocycles. The number of carboxylic acids is 1. The molecule has 1 aliphatic rings. The number of likely N-dealkylation sites (tertiary alicyclic amines) is 1. The Balaban J connectivity index is 2.29. The molecule has 0 aromatic heterocycles. The highest BCUT2D eigenvalue weighted by Gasteiger charge is 2.27. The highest BCUT2D eigenvalue weighted by Crippen LogP contribution is 2.19. The van der Waals surface area contributed by atoms with E-state index >= 15 is 0 Å². The molecule has 15 heavy (non-hydrogen) atoms. The molecule has 0 bridgehead atoms. The van der Waals surface area contributed by atoms with Crippen molar-refractivity contribution >= 4 is 11.9 Å². The van der Waals surface area contributed by atoms with Crippen molar-refractivity contribution in [2.75, 3.05) is 26.3 Å². The van der Waals surface area contributed by atoms with E-state index in [1.807, 2.05) is 6.92 Å². The molecule has 1 N–H and O–H groups in total. The molecule has 1 amide bonds. The van der Waals surface area contributed by atoms with Crippen molar-refractivity contribution in [3.63, 3.8) is 0 Å². The Kier molecular flexibility index (Phi) is 4.55. The second-order valence-corrected chi connectivity index (χ2v) is 3.73. The molecule has 1 fully saturated rings. The minimum Gasteiger partial charge on any atom is -0.481 e. The fourth-order valence-electron chi connectivity index (χ4n) is 1.75. The summed E-state index contributed by atoms with van der Waals surface area (Å²) in [4.78, 5) is 23.6. The number of nitrogens with zero attached hydrogens (tertiary/aromatic N) is 1. The van der Waals surface area contributed by atoms with Gasteiger partial charge in [0.05, 0.1) is 0 Å². The summed E-state index contributed by atoms with van der Waals surface area (Å²) < 4.78 is 5.02. The van der Waals surface area contributed by atoms with Crippen LogP contribution >= 0.6 is 0 Å². The predicted molar refractivity (Wildman–Crippen MR) is 53.4 cm³/mol. The van der Waals surface area contributed by atoms with E-state index in [4.69, 9.17) is 9.84 Å². The van der Waals surface area contributed by atoms with Crippen molar-refractivity contribution < 1.29 is 19.4 Å². The quantitative estimate of drug-likeness (QED) is 0.718. The summed E-state index contributed by atoms with van der Waals surface area (Å²) in [5.74, 6) is -0.725. The van der Waals surface area contributed by atoms with Crippen LogP contribution in [0.5, 0.6) is 0 Å². The lowest BCUT2D eigenvalue weighted by Crippen LogP contribution is -2.32. The number of hydrogen-bond acceptors (Lipinski definition) is 3. The van der Waals surface area contributed by atoms with Gasteiger partial charge in [0.2, 0.25) is 5.91 Å². The number of carbonyl (C=O) groups excluding carboxylic acids is 1. The molecule has 1 saturated heterocycles. The third-order valence-corrected chi connectivity index (χ3v) is 2.53. The SMILES string of the molecule is CCOCC(=O)N1CCC(CC(=O)O)C1. The molecule has 5 nitrogen and oxygen atoms in total. The zero-order valence-corrected chi connectivity index (χ0v) is 8.94. The minimum atomic E-state index is -0.792. The molecule has 1 rings (SSSR count). The third kappa shape index (κ3) is 3.87. The summed E-state index contributed by atoms with van der Waals surface area (Å²) >= 11 is 0. The molecular weight excluding hydrogens is 198 g/mol. The molecule has 1 heterocycles. The predicted octanol–water partition coefficient (Wildman–Crippen LogP) is 0.346. The van der Waals surface area contributed by atoms with Crippen LogP contribution in [0.4, 0.5) is 0 Å². The molecule has 1 atom stereocenters. The van der Waals surface area contributed by atoms with E-state index in [0.29, 0.717) is 19.7 Å². The van der Waals surface area contributed by atoms with Gasteiger partial charge in [0.1, 0.15) is 6.61 Å². The van der Waals surface area contributed by atoms with Gasteiger partial charge in [-0.2, -0.15) is 0 Å². The lowest BCUT2D eigenvalue weighted by atomic mass is 10.1. The number of hydrogen-bond donors (Lipinski definition) is 1. The van der Waals surface area contributed by atoms with Gasteiger partial charge in [0.15, 0.2) is 0 Å². The average Bonchev–Trinajstić information content (AvgIpc) is 2.61. The van der Waals surface area contributed by atoms with Gasteiger partial charge in [-0.15, -0.1) is 0 Å². The van der Waals surface area contributed by atoms with Crippen LogP contribution < -0.4 is 0 Å². The maximum atomic E-state index is 11.5. The molecule has 0 saturated carbocycles. The van der Waals surface area contributed by atoms with Crippen LogP contribution in [-0.2, 0) is 14.3 Å². The molecule has 1 unspecified atom stereocenters. The Bertz CT molecular complexity index is 242. The highest BCUT2D eigenvalue weighted by atomic mass is 16.5. The first-order valence-electron chi connectivity index (χ1n) is 5.20. The van der Waals surface area contributed by atoms with Crippen LogP contribution in [0.3, 0.4) is 0 Å². The summed E-state index contributed by atoms with van der Waals surface area (Å²) in [5, 5.41) is 8.61. The molecule has 1 aliphatic heterocycles. The number of ether oxygens (including phenoxy) is 1. The number of rotatable bonds is 5. The van der Waals surface area contributed by atoms with Crippen LogP contribution in [0.25, 0.3) is 0 Å². The van der Waals surface area contributed by atoms with Gasteiger partial charge < -0.3 is 14.7 Å². The van der Waals surface area contributed by atoms with Gasteiger partial charge in [0, 0.05) is 26.1 Å². The number of carboxylic acid groups (broad SMARTS) is 1. The summed E-state index contributed by atoms with van der Waals surface area (Å²) in [6, 6.07) is 0. The molecule has 86 valence electrons. The second-order valence-electron chi connectivity index (χ2n) is 3.73. The fourth-order valence-corrected chi connectivity index (χ4v) is 1.75. The lowest BCUT2D eigenvalue weighted by molar-refractivity contribution is -0.139. The van der Waals surface area contributed by atoms with E-state index in [0.717, 1.165) is 6.42 Å². The van der Waals surface area contributed by atoms with Crippen molar-refractivity contribution in [3.05, 3.63) is 0 Å². The van der Waals surface area contributed by atoms with E-state index in [2.05, 4.69) is 0 Å². The molecule has 5 heteroatoms. The number of amides is 1. The van der Waals surface area contributed by atoms with Crippen LogP contribution in [0.15, 0.2) is 0 Å². The Morgan fingerprint density at radius 2 is 2.27 bits per heavy atom. The zero-order valence-electron chi connectivity index (χ0n) is 8.94. The third-order valence-electron chi connectivity index (χ3n) is 2.53. The molecule has 0 spiro atoms. The highest BCUT2D eigenvalue weighted by molar-refractivity contribution is 5.78. The first-order valence-corrected chi connectivity index (χ1v) is 5.20. The Morgan fingerprint density at radius 1 is 1.53 bits per heavy atom. The van der Waals surface area contributed by atoms with Crippen molar-refractivity contribution in [1.82, 2.24) is 4.90 Å². The molecule has 0 radical (unpaired) electrons. The number of aliphatic carboxylic acids is 1. The number of carbonyl (C=O) groups is 2. The van der Waals surface area contributed by atoms with E-state index < -0.39 is 5.97 Å². The van der Waals surface area contributed by atoms with Crippen molar-refractivity contribution in [2.24, 2.45) is 5.92 Å². The van der Waals surface area contributed by atoms with Gasteiger partial charge >= 0.3 is 5.97 Å². The monoisotopic (exact) mass is 215 g/mol. The smallest absolute Gasteiger partial charge is 0.303 e. The largest absolute Gasteiger partial charge is 0.481 e. The zero-order chi connectivity index (χ0) is 11.3. The van der Waals surface area contributed by atoms with Crippen LogP contribution in [0, 0.1) is 5.92 Å². The maximum absolute atomic E-state index is 11.5. The molecule has 0 aromatic carbocycles. The summed E-state index contributed by atoms with van der Waals surface area (Å²) in [7, 11) is 0. The van der Waals surface area contributed by atoms with Gasteiger partial charge in [-0.25, -0.2) is 0 Å². The van der Waals surface area contributed by atoms with Crippen LogP contribution in [-0.4, -0.2) is 48.2 Å². The summed E-state index contributed by atoms with van der Waals surface area (Å²) in [6.45, 7) is 3.68.